The molecule has 3 nitrogen and oxygen atoms in total. The van der Waals surface area contributed by atoms with Crippen LogP contribution in [0.25, 0.3) is 0 Å². The monoisotopic (exact) mass is 222 g/mol. The minimum Gasteiger partial charge on any atom is -0.391 e. The zero-order valence-corrected chi connectivity index (χ0v) is 10.3. The van der Waals surface area contributed by atoms with E-state index in [1.54, 1.807) is 0 Å². The first-order valence-corrected chi connectivity index (χ1v) is 6.39. The van der Waals surface area contributed by atoms with Crippen molar-refractivity contribution in [3.63, 3.8) is 0 Å². The van der Waals surface area contributed by atoms with Crippen molar-refractivity contribution in [1.29, 1.82) is 0 Å². The summed E-state index contributed by atoms with van der Waals surface area (Å²) in [6.45, 7) is 4.09. The predicted molar refractivity (Wildman–Crippen MR) is 64.4 cm³/mol. The van der Waals surface area contributed by atoms with Crippen LogP contribution in [0, 0.1) is 13.8 Å². The van der Waals surface area contributed by atoms with Gasteiger partial charge in [0, 0.05) is 5.69 Å². The van der Waals surface area contributed by atoms with Gasteiger partial charge in [0.25, 0.3) is 0 Å². The number of hydrogen-bond acceptors (Lipinski definition) is 2. The SMILES string of the molecule is Cc1cc(C)n(C2CCCCCCC2O)n1. The molecule has 1 aliphatic carbocycles. The molecule has 0 aromatic carbocycles. The number of hydrogen-bond donors (Lipinski definition) is 1. The second-order valence-corrected chi connectivity index (χ2v) is 5.00. The third-order valence-electron chi connectivity index (χ3n) is 3.55. The Morgan fingerprint density at radius 1 is 1.19 bits per heavy atom. The molecule has 1 aliphatic rings. The van der Waals surface area contributed by atoms with Gasteiger partial charge in [-0.1, -0.05) is 25.7 Å². The standard InChI is InChI=1S/C13H22N2O/c1-10-9-11(2)15(14-10)12-7-5-3-4-6-8-13(12)16/h9,12-13,16H,3-8H2,1-2H3. The second-order valence-electron chi connectivity index (χ2n) is 5.00. The number of rotatable bonds is 1. The van der Waals surface area contributed by atoms with Crippen LogP contribution in [-0.4, -0.2) is 21.0 Å². The topological polar surface area (TPSA) is 38.0 Å². The van der Waals surface area contributed by atoms with Crippen molar-refractivity contribution < 1.29 is 5.11 Å². The largest absolute Gasteiger partial charge is 0.391 e. The second kappa shape index (κ2) is 5.00. The van der Waals surface area contributed by atoms with E-state index in [9.17, 15) is 5.11 Å². The summed E-state index contributed by atoms with van der Waals surface area (Å²) in [6, 6.07) is 2.28. The molecule has 1 aromatic rings. The molecule has 1 saturated carbocycles. The van der Waals surface area contributed by atoms with Gasteiger partial charge in [-0.15, -0.1) is 0 Å². The molecule has 1 N–H and O–H groups in total. The third kappa shape index (κ3) is 2.46. The highest BCUT2D eigenvalue weighted by Crippen LogP contribution is 2.27. The molecule has 3 heteroatoms. The highest BCUT2D eigenvalue weighted by Gasteiger charge is 2.24. The van der Waals surface area contributed by atoms with Crippen LogP contribution in [0.15, 0.2) is 6.07 Å². The van der Waals surface area contributed by atoms with Gasteiger partial charge in [0.2, 0.25) is 0 Å². The molecule has 0 bridgehead atoms. The van der Waals surface area contributed by atoms with E-state index in [1.165, 1.54) is 25.0 Å². The van der Waals surface area contributed by atoms with Crippen LogP contribution < -0.4 is 0 Å². The van der Waals surface area contributed by atoms with Crippen molar-refractivity contribution in [2.24, 2.45) is 0 Å². The first-order valence-electron chi connectivity index (χ1n) is 6.39. The Morgan fingerprint density at radius 3 is 2.50 bits per heavy atom. The molecule has 1 heterocycles. The lowest BCUT2D eigenvalue weighted by Crippen LogP contribution is -2.27. The fourth-order valence-electron chi connectivity index (χ4n) is 2.71. The summed E-state index contributed by atoms with van der Waals surface area (Å²) in [6.07, 6.45) is 6.67. The molecule has 1 aromatic heterocycles. The van der Waals surface area contributed by atoms with Crippen molar-refractivity contribution >= 4 is 0 Å². The molecule has 2 atom stereocenters. The fraction of sp³-hybridized carbons (Fsp3) is 0.769. The van der Waals surface area contributed by atoms with Gasteiger partial charge in [-0.2, -0.15) is 5.10 Å². The summed E-state index contributed by atoms with van der Waals surface area (Å²) in [5.74, 6) is 0. The lowest BCUT2D eigenvalue weighted by Gasteiger charge is -2.26. The van der Waals surface area contributed by atoms with Gasteiger partial charge in [-0.25, -0.2) is 0 Å². The Kier molecular flexibility index (Phi) is 3.64. The van der Waals surface area contributed by atoms with E-state index in [2.05, 4.69) is 18.1 Å². The summed E-state index contributed by atoms with van der Waals surface area (Å²) in [5, 5.41) is 14.7. The van der Waals surface area contributed by atoms with Crippen molar-refractivity contribution in [3.8, 4) is 0 Å². The summed E-state index contributed by atoms with van der Waals surface area (Å²) < 4.78 is 2.03. The van der Waals surface area contributed by atoms with Crippen LogP contribution in [0.5, 0.6) is 0 Å². The van der Waals surface area contributed by atoms with E-state index in [0.29, 0.717) is 0 Å². The zero-order chi connectivity index (χ0) is 11.5. The van der Waals surface area contributed by atoms with E-state index in [0.717, 1.165) is 25.0 Å². The van der Waals surface area contributed by atoms with E-state index in [1.807, 2.05) is 11.6 Å². The van der Waals surface area contributed by atoms with Crippen LogP contribution in [0.4, 0.5) is 0 Å². The van der Waals surface area contributed by atoms with Crippen molar-refractivity contribution in [2.75, 3.05) is 0 Å². The summed E-state index contributed by atoms with van der Waals surface area (Å²) in [5.41, 5.74) is 2.22. The van der Waals surface area contributed by atoms with E-state index >= 15 is 0 Å². The molecule has 0 radical (unpaired) electrons. The first-order chi connectivity index (χ1) is 7.68. The number of aromatic nitrogens is 2. The Labute approximate surface area is 97.5 Å². The van der Waals surface area contributed by atoms with E-state index in [4.69, 9.17) is 0 Å². The summed E-state index contributed by atoms with van der Waals surface area (Å²) in [4.78, 5) is 0. The Hall–Kier alpha value is -0.830. The lowest BCUT2D eigenvalue weighted by molar-refractivity contribution is 0.0814. The van der Waals surface area contributed by atoms with Gasteiger partial charge in [0.1, 0.15) is 0 Å². The predicted octanol–water partition coefficient (Wildman–Crippen LogP) is 2.76. The molecule has 2 rings (SSSR count). The highest BCUT2D eigenvalue weighted by atomic mass is 16.3. The van der Waals surface area contributed by atoms with Crippen molar-refractivity contribution in [2.45, 2.75) is 64.5 Å². The normalized spacial score (nSPS) is 27.4. The number of aliphatic hydroxyl groups is 1. The van der Waals surface area contributed by atoms with Gasteiger partial charge < -0.3 is 5.11 Å². The molecule has 0 aliphatic heterocycles. The molecule has 0 saturated heterocycles. The van der Waals surface area contributed by atoms with Gasteiger partial charge >= 0.3 is 0 Å². The number of nitrogens with zero attached hydrogens (tertiary/aromatic N) is 2. The average molecular weight is 222 g/mol. The molecular formula is C13H22N2O. The lowest BCUT2D eigenvalue weighted by atomic mass is 9.94. The molecule has 2 unspecified atom stereocenters. The van der Waals surface area contributed by atoms with Gasteiger partial charge in [0.15, 0.2) is 0 Å². The smallest absolute Gasteiger partial charge is 0.0781 e. The molecule has 1 fully saturated rings. The Bertz CT molecular complexity index is 346. The zero-order valence-electron chi connectivity index (χ0n) is 10.3. The van der Waals surface area contributed by atoms with Gasteiger partial charge in [-0.3, -0.25) is 4.68 Å². The number of aryl methyl sites for hydroxylation is 2. The summed E-state index contributed by atoms with van der Waals surface area (Å²) >= 11 is 0. The molecule has 16 heavy (non-hydrogen) atoms. The fourth-order valence-corrected chi connectivity index (χ4v) is 2.71. The summed E-state index contributed by atoms with van der Waals surface area (Å²) in [7, 11) is 0. The highest BCUT2D eigenvalue weighted by molar-refractivity contribution is 5.08. The van der Waals surface area contributed by atoms with Crippen LogP contribution in [-0.2, 0) is 0 Å². The van der Waals surface area contributed by atoms with Crippen LogP contribution in [0.2, 0.25) is 0 Å². The van der Waals surface area contributed by atoms with Gasteiger partial charge in [0.05, 0.1) is 17.8 Å². The first kappa shape index (κ1) is 11.6. The molecule has 90 valence electrons. The van der Waals surface area contributed by atoms with Crippen molar-refractivity contribution in [1.82, 2.24) is 9.78 Å². The van der Waals surface area contributed by atoms with Crippen LogP contribution >= 0.6 is 0 Å². The molecule has 0 amide bonds. The van der Waals surface area contributed by atoms with Crippen LogP contribution in [0.3, 0.4) is 0 Å². The molecular weight excluding hydrogens is 200 g/mol. The minimum absolute atomic E-state index is 0.189. The van der Waals surface area contributed by atoms with Gasteiger partial charge in [-0.05, 0) is 32.8 Å². The maximum Gasteiger partial charge on any atom is 0.0781 e. The average Bonchev–Trinajstić information content (AvgIpc) is 2.52. The van der Waals surface area contributed by atoms with Crippen molar-refractivity contribution in [3.05, 3.63) is 17.5 Å². The Morgan fingerprint density at radius 2 is 1.88 bits per heavy atom. The molecule has 0 spiro atoms. The number of aliphatic hydroxyl groups excluding tert-OH is 1. The minimum atomic E-state index is -0.224. The maximum absolute atomic E-state index is 10.2. The maximum atomic E-state index is 10.2. The van der Waals surface area contributed by atoms with E-state index < -0.39 is 0 Å². The Balaban J connectivity index is 2.18. The quantitative estimate of drug-likeness (QED) is 0.793. The van der Waals surface area contributed by atoms with Crippen LogP contribution in [0.1, 0.15) is 56.0 Å². The third-order valence-corrected chi connectivity index (χ3v) is 3.55. The van der Waals surface area contributed by atoms with E-state index in [-0.39, 0.29) is 12.1 Å².